The van der Waals surface area contributed by atoms with Crippen LogP contribution in [0.3, 0.4) is 0 Å². The molecule has 1 aromatic rings. The van der Waals surface area contributed by atoms with Gasteiger partial charge in [0.15, 0.2) is 0 Å². The van der Waals surface area contributed by atoms with Gasteiger partial charge in [-0.15, -0.1) is 0 Å². The van der Waals surface area contributed by atoms with Crippen molar-refractivity contribution in [1.82, 2.24) is 4.90 Å². The van der Waals surface area contributed by atoms with Crippen LogP contribution >= 0.6 is 39.1 Å². The highest BCUT2D eigenvalue weighted by Crippen LogP contribution is 2.37. The summed E-state index contributed by atoms with van der Waals surface area (Å²) in [6.07, 6.45) is 3.77. The zero-order chi connectivity index (χ0) is 12.7. The number of nitrogens with one attached hydrogen (secondary N) is 1. The number of hydrogen-bond acceptors (Lipinski definition) is 2. The molecule has 2 unspecified atom stereocenters. The lowest BCUT2D eigenvalue weighted by Gasteiger charge is -2.23. The molecule has 2 fully saturated rings. The standard InChI is InChI=1S/C13H15BrCl2N2/c14-8-6-9(15)13(10(16)7-8)17-11-3-5-18-4-1-2-12(11)18/h6-7,11-12,17H,1-5H2. The predicted octanol–water partition coefficient (Wildman–Crippen LogP) is 4.40. The molecule has 2 atom stereocenters. The summed E-state index contributed by atoms with van der Waals surface area (Å²) in [7, 11) is 0. The Morgan fingerprint density at radius 3 is 2.61 bits per heavy atom. The lowest BCUT2D eigenvalue weighted by Crippen LogP contribution is -2.33. The van der Waals surface area contributed by atoms with Crippen LogP contribution < -0.4 is 5.32 Å². The molecule has 2 nitrogen and oxygen atoms in total. The number of hydrogen-bond donors (Lipinski definition) is 1. The summed E-state index contributed by atoms with van der Waals surface area (Å²) in [4.78, 5) is 2.57. The molecule has 2 heterocycles. The number of anilines is 1. The van der Waals surface area contributed by atoms with Crippen molar-refractivity contribution in [3.63, 3.8) is 0 Å². The van der Waals surface area contributed by atoms with Gasteiger partial charge < -0.3 is 5.32 Å². The summed E-state index contributed by atoms with van der Waals surface area (Å²) in [5.74, 6) is 0. The normalized spacial score (nSPS) is 27.5. The second-order valence-corrected chi connectivity index (χ2v) is 6.76. The molecule has 1 aromatic carbocycles. The molecule has 2 aliphatic rings. The second-order valence-electron chi connectivity index (χ2n) is 5.03. The molecule has 2 aliphatic heterocycles. The molecule has 0 aromatic heterocycles. The van der Waals surface area contributed by atoms with E-state index in [1.165, 1.54) is 32.4 Å². The Balaban J connectivity index is 1.81. The highest BCUT2D eigenvalue weighted by atomic mass is 79.9. The van der Waals surface area contributed by atoms with E-state index < -0.39 is 0 Å². The third-order valence-electron chi connectivity index (χ3n) is 3.94. The van der Waals surface area contributed by atoms with E-state index in [0.29, 0.717) is 22.1 Å². The molecule has 3 rings (SSSR count). The average molecular weight is 350 g/mol. The number of nitrogens with zero attached hydrogens (tertiary/aromatic N) is 1. The quantitative estimate of drug-likeness (QED) is 0.850. The largest absolute Gasteiger partial charge is 0.378 e. The first kappa shape index (κ1) is 13.0. The summed E-state index contributed by atoms with van der Waals surface area (Å²) < 4.78 is 0.914. The van der Waals surface area contributed by atoms with Gasteiger partial charge in [-0.1, -0.05) is 39.1 Å². The highest BCUT2D eigenvalue weighted by Gasteiger charge is 2.37. The van der Waals surface area contributed by atoms with Gasteiger partial charge in [0, 0.05) is 23.1 Å². The predicted molar refractivity (Wildman–Crippen MR) is 80.8 cm³/mol. The van der Waals surface area contributed by atoms with Crippen LogP contribution in [0.2, 0.25) is 10.0 Å². The van der Waals surface area contributed by atoms with Gasteiger partial charge in [-0.05, 0) is 37.9 Å². The minimum atomic E-state index is 0.476. The van der Waals surface area contributed by atoms with Gasteiger partial charge in [0.1, 0.15) is 0 Å². The van der Waals surface area contributed by atoms with E-state index in [0.717, 1.165) is 10.2 Å². The third-order valence-corrected chi connectivity index (χ3v) is 5.00. The fourth-order valence-corrected chi connectivity index (χ4v) is 4.43. The SMILES string of the molecule is Clc1cc(Br)cc(Cl)c1NC1CCN2CCCC12. The number of rotatable bonds is 2. The van der Waals surface area contributed by atoms with Crippen molar-refractivity contribution < 1.29 is 0 Å². The van der Waals surface area contributed by atoms with E-state index in [-0.39, 0.29) is 0 Å². The molecule has 1 N–H and O–H groups in total. The smallest absolute Gasteiger partial charge is 0.0722 e. The fourth-order valence-electron chi connectivity index (χ4n) is 3.12. The molecular formula is C13H15BrCl2N2. The monoisotopic (exact) mass is 348 g/mol. The van der Waals surface area contributed by atoms with Crippen molar-refractivity contribution in [2.45, 2.75) is 31.3 Å². The third kappa shape index (κ3) is 2.38. The molecule has 0 aliphatic carbocycles. The van der Waals surface area contributed by atoms with Gasteiger partial charge in [0.25, 0.3) is 0 Å². The van der Waals surface area contributed by atoms with Crippen LogP contribution in [0.4, 0.5) is 5.69 Å². The molecule has 0 saturated carbocycles. The van der Waals surface area contributed by atoms with Crippen molar-refractivity contribution in [3.8, 4) is 0 Å². The second kappa shape index (κ2) is 5.20. The van der Waals surface area contributed by atoms with E-state index in [1.807, 2.05) is 12.1 Å². The van der Waals surface area contributed by atoms with Crippen molar-refractivity contribution in [2.75, 3.05) is 18.4 Å². The molecule has 2 saturated heterocycles. The van der Waals surface area contributed by atoms with Crippen LogP contribution in [0.5, 0.6) is 0 Å². The Morgan fingerprint density at radius 2 is 1.89 bits per heavy atom. The van der Waals surface area contributed by atoms with E-state index >= 15 is 0 Å². The maximum Gasteiger partial charge on any atom is 0.0722 e. The van der Waals surface area contributed by atoms with Crippen LogP contribution in [-0.2, 0) is 0 Å². The van der Waals surface area contributed by atoms with Crippen LogP contribution in [-0.4, -0.2) is 30.1 Å². The first-order valence-electron chi connectivity index (χ1n) is 6.30. The molecule has 5 heteroatoms. The molecule has 0 radical (unpaired) electrons. The van der Waals surface area contributed by atoms with Gasteiger partial charge in [0.2, 0.25) is 0 Å². The summed E-state index contributed by atoms with van der Waals surface area (Å²) in [6.45, 7) is 2.43. The summed E-state index contributed by atoms with van der Waals surface area (Å²) in [5, 5.41) is 4.92. The zero-order valence-electron chi connectivity index (χ0n) is 9.93. The Morgan fingerprint density at radius 1 is 1.17 bits per heavy atom. The van der Waals surface area contributed by atoms with Crippen molar-refractivity contribution in [3.05, 3.63) is 26.7 Å². The Hall–Kier alpha value is 0.0400. The van der Waals surface area contributed by atoms with Crippen LogP contribution in [0.15, 0.2) is 16.6 Å². The lowest BCUT2D eigenvalue weighted by molar-refractivity contribution is 0.318. The first-order valence-corrected chi connectivity index (χ1v) is 7.85. The van der Waals surface area contributed by atoms with Crippen LogP contribution in [0.1, 0.15) is 19.3 Å². The average Bonchev–Trinajstić information content (AvgIpc) is 2.86. The Kier molecular flexibility index (Phi) is 3.77. The Bertz CT molecular complexity index is 443. The maximum absolute atomic E-state index is 6.27. The number of fused-ring (bicyclic) bond motifs is 1. The van der Waals surface area contributed by atoms with Crippen molar-refractivity contribution in [1.29, 1.82) is 0 Å². The topological polar surface area (TPSA) is 15.3 Å². The highest BCUT2D eigenvalue weighted by molar-refractivity contribution is 9.10. The first-order chi connectivity index (χ1) is 8.65. The van der Waals surface area contributed by atoms with Crippen LogP contribution in [0, 0.1) is 0 Å². The van der Waals surface area contributed by atoms with Gasteiger partial charge in [0.05, 0.1) is 15.7 Å². The summed E-state index contributed by atoms with van der Waals surface area (Å²) in [5.41, 5.74) is 0.875. The molecule has 0 spiro atoms. The van der Waals surface area contributed by atoms with Crippen molar-refractivity contribution >= 4 is 44.8 Å². The molecular weight excluding hydrogens is 335 g/mol. The number of benzene rings is 1. The van der Waals surface area contributed by atoms with Gasteiger partial charge in [-0.25, -0.2) is 0 Å². The molecule has 98 valence electrons. The minimum absolute atomic E-state index is 0.476. The van der Waals surface area contributed by atoms with E-state index in [1.54, 1.807) is 0 Å². The summed E-state index contributed by atoms with van der Waals surface area (Å²) >= 11 is 15.9. The maximum atomic E-state index is 6.27. The fraction of sp³-hybridized carbons (Fsp3) is 0.538. The number of halogens is 3. The van der Waals surface area contributed by atoms with E-state index in [4.69, 9.17) is 23.2 Å². The van der Waals surface area contributed by atoms with E-state index in [9.17, 15) is 0 Å². The zero-order valence-corrected chi connectivity index (χ0v) is 13.0. The summed E-state index contributed by atoms with van der Waals surface area (Å²) in [6, 6.07) is 4.90. The Labute approximate surface area is 126 Å². The van der Waals surface area contributed by atoms with Gasteiger partial charge in [-0.2, -0.15) is 0 Å². The van der Waals surface area contributed by atoms with Gasteiger partial charge in [-0.3, -0.25) is 4.90 Å². The van der Waals surface area contributed by atoms with E-state index in [2.05, 4.69) is 26.1 Å². The van der Waals surface area contributed by atoms with Crippen molar-refractivity contribution in [2.24, 2.45) is 0 Å². The molecule has 18 heavy (non-hydrogen) atoms. The van der Waals surface area contributed by atoms with Crippen LogP contribution in [0.25, 0.3) is 0 Å². The molecule has 0 amide bonds. The molecule has 0 bridgehead atoms. The minimum Gasteiger partial charge on any atom is -0.378 e. The lowest BCUT2D eigenvalue weighted by atomic mass is 10.1. The van der Waals surface area contributed by atoms with Gasteiger partial charge >= 0.3 is 0 Å².